The number of anilines is 2. The summed E-state index contributed by atoms with van der Waals surface area (Å²) in [4.78, 5) is 63.8. The first-order valence-electron chi connectivity index (χ1n) is 23.6. The SMILES string of the molecule is Cc1ncsc1-c1ccc(CNC(=O)[C@@H]2C[C@@H](O)CN2C(=O)[C@@H](NC(=O)COCC2CC3(C2)CC(COc2ccc(N4C(=S)N(c5ccc(C#N)c(C(F)(F)F)c5)C(=O)C4(C)C)cc2)C3)C(C)(C)C)cc1. The third-order valence-corrected chi connectivity index (χ3v) is 15.5. The number of carbonyl (C=O) groups excluding carboxylic acids is 4. The molecule has 2 saturated carbocycles. The molecule has 3 aromatic carbocycles. The number of thiocarbonyl (C=S) groups is 1. The van der Waals surface area contributed by atoms with Crippen molar-refractivity contribution in [1.82, 2.24) is 20.5 Å². The van der Waals surface area contributed by atoms with Crippen molar-refractivity contribution in [3.05, 3.63) is 94.6 Å². The Morgan fingerprint density at radius 3 is 2.24 bits per heavy atom. The van der Waals surface area contributed by atoms with E-state index in [-0.39, 0.29) is 48.2 Å². The molecule has 71 heavy (non-hydrogen) atoms. The van der Waals surface area contributed by atoms with Crippen molar-refractivity contribution >= 4 is 63.7 Å². The number of aliphatic hydroxyl groups excluding tert-OH is 1. The van der Waals surface area contributed by atoms with Crippen LogP contribution in [0.15, 0.2) is 72.2 Å². The van der Waals surface area contributed by atoms with Crippen LogP contribution in [0.2, 0.25) is 0 Å². The van der Waals surface area contributed by atoms with Crippen molar-refractivity contribution < 1.29 is 46.9 Å². The molecule has 0 bridgehead atoms. The number of nitrogens with one attached hydrogen (secondary N) is 2. The van der Waals surface area contributed by atoms with Gasteiger partial charge in [0.05, 0.1) is 58.3 Å². The van der Waals surface area contributed by atoms with Crippen LogP contribution in [0.5, 0.6) is 5.75 Å². The van der Waals surface area contributed by atoms with E-state index >= 15 is 0 Å². The maximum absolute atomic E-state index is 14.1. The number of nitrogens with zero attached hydrogens (tertiary/aromatic N) is 5. The molecule has 3 N–H and O–H groups in total. The number of rotatable bonds is 15. The van der Waals surface area contributed by atoms with Gasteiger partial charge in [0.25, 0.3) is 5.91 Å². The number of aromatic nitrogens is 1. The van der Waals surface area contributed by atoms with E-state index in [9.17, 15) is 42.7 Å². The Morgan fingerprint density at radius 2 is 1.63 bits per heavy atom. The second-order valence-electron chi connectivity index (χ2n) is 21.0. The van der Waals surface area contributed by atoms with Crippen molar-refractivity contribution in [2.24, 2.45) is 22.7 Å². The molecule has 2 aliphatic carbocycles. The van der Waals surface area contributed by atoms with E-state index < -0.39 is 64.2 Å². The molecule has 14 nitrogen and oxygen atoms in total. The number of benzene rings is 3. The average Bonchev–Trinajstić information content (AvgIpc) is 3.96. The fourth-order valence-electron chi connectivity index (χ4n) is 10.6. The van der Waals surface area contributed by atoms with E-state index in [4.69, 9.17) is 21.7 Å². The minimum atomic E-state index is -4.80. The summed E-state index contributed by atoms with van der Waals surface area (Å²) in [5.41, 5.74) is 1.77. The standard InChI is InChI=1S/C52H58F3N7O7S2/c1-30-43(71-29-58-30)34-9-7-31(8-10-34)24-57-45(65)41-18-38(63)25-60(41)46(66)44(49(2,3)4)59-42(64)28-68-26-32-19-51(20-32)21-33(22-51)27-69-39-15-13-36(14-16-39)62-48(70)61(47(67)50(62,5)6)37-12-11-35(23-56)40(17-37)52(53,54)55/h7-17,29,32-33,38,41,44,63H,18-22,24-28H2,1-6H3,(H,57,65)(H,59,64)/t32?,33?,38-,41+,44-,51?/m1/s1. The molecular formula is C52H58F3N7O7S2. The van der Waals surface area contributed by atoms with Gasteiger partial charge < -0.3 is 35.0 Å². The van der Waals surface area contributed by atoms with Gasteiger partial charge >= 0.3 is 6.18 Å². The summed E-state index contributed by atoms with van der Waals surface area (Å²) >= 11 is 7.23. The molecule has 4 amide bonds. The maximum atomic E-state index is 14.1. The lowest BCUT2D eigenvalue weighted by molar-refractivity contribution is -0.145. The second-order valence-corrected chi connectivity index (χ2v) is 22.2. The summed E-state index contributed by atoms with van der Waals surface area (Å²) in [6, 6.07) is 17.7. The Kier molecular flexibility index (Phi) is 14.4. The number of aryl methyl sites for hydroxylation is 1. The van der Waals surface area contributed by atoms with Crippen LogP contribution in [-0.2, 0) is 36.6 Å². The fourth-order valence-corrected chi connectivity index (χ4v) is 11.9. The number of amides is 4. The highest BCUT2D eigenvalue weighted by Gasteiger charge is 2.53. The molecule has 8 rings (SSSR count). The summed E-state index contributed by atoms with van der Waals surface area (Å²) in [5.74, 6) is -0.481. The number of nitriles is 1. The van der Waals surface area contributed by atoms with E-state index in [1.165, 1.54) is 11.0 Å². The van der Waals surface area contributed by atoms with Crippen molar-refractivity contribution in [3.8, 4) is 22.3 Å². The Labute approximate surface area is 420 Å². The molecule has 4 aromatic rings. The van der Waals surface area contributed by atoms with Gasteiger partial charge in [0.15, 0.2) is 5.11 Å². The number of alkyl halides is 3. The monoisotopic (exact) mass is 1010 g/mol. The number of hydrogen-bond acceptors (Lipinski definition) is 11. The average molecular weight is 1010 g/mol. The molecule has 2 aliphatic heterocycles. The van der Waals surface area contributed by atoms with Gasteiger partial charge in [0, 0.05) is 25.2 Å². The third-order valence-electron chi connectivity index (χ3n) is 14.1. The second kappa shape index (κ2) is 19.9. The van der Waals surface area contributed by atoms with Gasteiger partial charge in [-0.1, -0.05) is 45.0 Å². The van der Waals surface area contributed by atoms with Crippen LogP contribution in [-0.4, -0.2) is 93.8 Å². The van der Waals surface area contributed by atoms with Crippen molar-refractivity contribution in [2.45, 2.75) is 110 Å². The third kappa shape index (κ3) is 10.8. The van der Waals surface area contributed by atoms with E-state index in [1.807, 2.05) is 52.0 Å². The summed E-state index contributed by atoms with van der Waals surface area (Å²) in [7, 11) is 0. The Hall–Kier alpha value is -5.94. The Morgan fingerprint density at radius 1 is 0.986 bits per heavy atom. The largest absolute Gasteiger partial charge is 0.493 e. The first kappa shape index (κ1) is 51.4. The molecule has 19 heteroatoms. The van der Waals surface area contributed by atoms with E-state index in [0.717, 1.165) is 64.4 Å². The topological polar surface area (TPSA) is 177 Å². The molecule has 4 fully saturated rings. The maximum Gasteiger partial charge on any atom is 0.417 e. The number of β-amino-alcohol motifs (C(OH)–C–C–N with tert-alkyl or cyclic N) is 1. The molecular weight excluding hydrogens is 956 g/mol. The zero-order valence-electron chi connectivity index (χ0n) is 40.5. The lowest BCUT2D eigenvalue weighted by Gasteiger charge is -2.57. The van der Waals surface area contributed by atoms with Crippen LogP contribution in [0.25, 0.3) is 10.4 Å². The van der Waals surface area contributed by atoms with Crippen molar-refractivity contribution in [3.63, 3.8) is 0 Å². The molecule has 3 atom stereocenters. The summed E-state index contributed by atoms with van der Waals surface area (Å²) < 4.78 is 53.3. The van der Waals surface area contributed by atoms with Crippen LogP contribution in [0.3, 0.4) is 0 Å². The lowest BCUT2D eigenvalue weighted by Crippen LogP contribution is -2.58. The lowest BCUT2D eigenvalue weighted by atomic mass is 9.48. The normalized spacial score (nSPS) is 23.3. The van der Waals surface area contributed by atoms with Gasteiger partial charge in [-0.15, -0.1) is 11.3 Å². The molecule has 1 spiro atoms. The van der Waals surface area contributed by atoms with Gasteiger partial charge in [0.1, 0.15) is 30.0 Å². The number of hydrogen-bond donors (Lipinski definition) is 3. The molecule has 3 heterocycles. The number of thiazole rings is 1. The van der Waals surface area contributed by atoms with Gasteiger partial charge in [-0.25, -0.2) is 4.98 Å². The van der Waals surface area contributed by atoms with E-state index in [0.29, 0.717) is 36.5 Å². The minimum absolute atomic E-state index is 0.00873. The van der Waals surface area contributed by atoms with Crippen molar-refractivity contribution in [2.75, 3.05) is 36.2 Å². The summed E-state index contributed by atoms with van der Waals surface area (Å²) in [5, 5.41) is 25.6. The highest BCUT2D eigenvalue weighted by atomic mass is 32.1. The number of ether oxygens (including phenoxy) is 2. The van der Waals surface area contributed by atoms with Crippen LogP contribution in [0, 0.1) is 40.9 Å². The Bertz CT molecular complexity index is 2720. The van der Waals surface area contributed by atoms with Crippen LogP contribution >= 0.6 is 23.6 Å². The van der Waals surface area contributed by atoms with Crippen molar-refractivity contribution in [1.29, 1.82) is 5.26 Å². The number of halogens is 3. The summed E-state index contributed by atoms with van der Waals surface area (Å²) in [6.45, 7) is 11.7. The van der Waals surface area contributed by atoms with Crippen LogP contribution < -0.4 is 25.2 Å². The van der Waals surface area contributed by atoms with Gasteiger partial charge in [0.2, 0.25) is 17.7 Å². The molecule has 376 valence electrons. The van der Waals surface area contributed by atoms with Gasteiger partial charge in [-0.05, 0) is 135 Å². The first-order valence-corrected chi connectivity index (χ1v) is 24.9. The highest BCUT2D eigenvalue weighted by Crippen LogP contribution is 2.61. The predicted molar refractivity (Wildman–Crippen MR) is 265 cm³/mol. The quantitative estimate of drug-likeness (QED) is 0.0986. The predicted octanol–water partition coefficient (Wildman–Crippen LogP) is 7.94. The molecule has 0 radical (unpaired) electrons. The number of likely N-dealkylation sites (tertiary alicyclic amines) is 1. The van der Waals surface area contributed by atoms with Gasteiger partial charge in [-0.2, -0.15) is 18.4 Å². The first-order chi connectivity index (χ1) is 33.5. The molecule has 2 saturated heterocycles. The zero-order valence-corrected chi connectivity index (χ0v) is 42.1. The zero-order chi connectivity index (χ0) is 51.2. The van der Waals surface area contributed by atoms with E-state index in [2.05, 4.69) is 15.6 Å². The van der Waals surface area contributed by atoms with Gasteiger partial charge in [-0.3, -0.25) is 24.1 Å². The molecule has 4 aliphatic rings. The number of aliphatic hydroxyl groups is 1. The highest BCUT2D eigenvalue weighted by molar-refractivity contribution is 7.81. The van der Waals surface area contributed by atoms with Crippen LogP contribution in [0.4, 0.5) is 24.5 Å². The fraction of sp³-hybridized carbons (Fsp3) is 0.481. The van der Waals surface area contributed by atoms with Crippen LogP contribution in [0.1, 0.15) is 89.1 Å². The number of carbonyl (C=O) groups is 4. The minimum Gasteiger partial charge on any atom is -0.493 e. The smallest absolute Gasteiger partial charge is 0.417 e. The van der Waals surface area contributed by atoms with E-state index in [1.54, 1.807) is 65.9 Å². The summed E-state index contributed by atoms with van der Waals surface area (Å²) in [6.07, 6.45) is -1.64. The molecule has 1 aromatic heterocycles. The molecule has 0 unspecified atom stereocenters. The Balaban J connectivity index is 0.757.